The first-order valence-corrected chi connectivity index (χ1v) is 6.96. The third-order valence-electron chi connectivity index (χ3n) is 3.36. The molecule has 112 valence electrons. The van der Waals surface area contributed by atoms with Gasteiger partial charge in [0.1, 0.15) is 6.26 Å². The summed E-state index contributed by atoms with van der Waals surface area (Å²) >= 11 is 0. The molecule has 0 fully saturated rings. The van der Waals surface area contributed by atoms with Crippen LogP contribution in [0.15, 0.2) is 35.1 Å². The van der Waals surface area contributed by atoms with E-state index in [1.54, 1.807) is 6.20 Å². The van der Waals surface area contributed by atoms with Crippen molar-refractivity contribution in [1.82, 2.24) is 4.98 Å². The lowest BCUT2D eigenvalue weighted by Crippen LogP contribution is -2.23. The Labute approximate surface area is 124 Å². The van der Waals surface area contributed by atoms with E-state index in [0.717, 1.165) is 11.1 Å². The molecular formula is C16H20N2O3. The summed E-state index contributed by atoms with van der Waals surface area (Å²) in [6, 6.07) is 5.61. The summed E-state index contributed by atoms with van der Waals surface area (Å²) in [4.78, 5) is 16.1. The van der Waals surface area contributed by atoms with Crippen molar-refractivity contribution < 1.29 is 14.3 Å². The second-order valence-electron chi connectivity index (χ2n) is 5.43. The van der Waals surface area contributed by atoms with Crippen molar-refractivity contribution in [3.8, 4) is 11.5 Å². The van der Waals surface area contributed by atoms with E-state index in [1.165, 1.54) is 6.26 Å². The number of aryl methyl sites for hydroxylation is 1. The van der Waals surface area contributed by atoms with Crippen molar-refractivity contribution >= 4 is 11.6 Å². The molecule has 0 saturated heterocycles. The van der Waals surface area contributed by atoms with Crippen LogP contribution in [0.3, 0.4) is 0 Å². The third kappa shape index (κ3) is 3.92. The molecule has 1 unspecified atom stereocenters. The van der Waals surface area contributed by atoms with Gasteiger partial charge in [-0.2, -0.15) is 0 Å². The molecule has 1 aromatic carbocycles. The van der Waals surface area contributed by atoms with E-state index in [0.29, 0.717) is 11.6 Å². The van der Waals surface area contributed by atoms with Gasteiger partial charge >= 0.3 is 0 Å². The summed E-state index contributed by atoms with van der Waals surface area (Å²) in [7, 11) is 0. The van der Waals surface area contributed by atoms with Crippen LogP contribution < -0.4 is 5.32 Å². The highest BCUT2D eigenvalue weighted by Crippen LogP contribution is 2.24. The van der Waals surface area contributed by atoms with Crippen molar-refractivity contribution in [2.45, 2.75) is 33.3 Å². The number of carbonyl (C=O) groups is 1. The predicted octanol–water partition coefficient (Wildman–Crippen LogP) is 3.00. The Bertz CT molecular complexity index is 606. The molecule has 21 heavy (non-hydrogen) atoms. The molecule has 0 spiro atoms. The second kappa shape index (κ2) is 6.54. The summed E-state index contributed by atoms with van der Waals surface area (Å²) in [5.74, 6) is 0.354. The van der Waals surface area contributed by atoms with E-state index in [1.807, 2.05) is 39.0 Å². The highest BCUT2D eigenvalue weighted by molar-refractivity contribution is 5.92. The van der Waals surface area contributed by atoms with Crippen molar-refractivity contribution in [3.63, 3.8) is 0 Å². The van der Waals surface area contributed by atoms with Crippen LogP contribution in [0.5, 0.6) is 0 Å². The minimum absolute atomic E-state index is 0.0514. The van der Waals surface area contributed by atoms with Crippen LogP contribution in [0.4, 0.5) is 5.69 Å². The minimum atomic E-state index is -0.639. The van der Waals surface area contributed by atoms with Crippen LogP contribution in [0, 0.1) is 12.8 Å². The maximum Gasteiger partial charge on any atom is 0.226 e. The first kappa shape index (κ1) is 15.3. The molecule has 1 aromatic heterocycles. The number of anilines is 1. The summed E-state index contributed by atoms with van der Waals surface area (Å²) in [6.07, 6.45) is 2.53. The number of oxazole rings is 1. The van der Waals surface area contributed by atoms with Gasteiger partial charge in [-0.25, -0.2) is 4.98 Å². The predicted molar refractivity (Wildman–Crippen MR) is 80.8 cm³/mol. The standard InChI is InChI=1S/C16H20N2O3/c1-10(2)14(19)9-15(20)18-13-8-12(5-4-11(13)3)16-17-6-7-21-16/h4-8,10,14,19H,9H2,1-3H3,(H,18,20). The number of benzene rings is 1. The number of amides is 1. The Morgan fingerprint density at radius 2 is 2.19 bits per heavy atom. The average molecular weight is 288 g/mol. The lowest BCUT2D eigenvalue weighted by molar-refractivity contribution is -0.118. The first-order chi connectivity index (χ1) is 9.97. The van der Waals surface area contributed by atoms with E-state index in [2.05, 4.69) is 10.3 Å². The van der Waals surface area contributed by atoms with E-state index in [-0.39, 0.29) is 18.2 Å². The maximum atomic E-state index is 12.0. The van der Waals surface area contributed by atoms with Gasteiger partial charge in [-0.15, -0.1) is 0 Å². The Morgan fingerprint density at radius 1 is 1.43 bits per heavy atom. The SMILES string of the molecule is Cc1ccc(-c2ncco2)cc1NC(=O)CC(O)C(C)C. The molecule has 0 aliphatic heterocycles. The van der Waals surface area contributed by atoms with Crippen LogP contribution in [0.2, 0.25) is 0 Å². The number of rotatable bonds is 5. The van der Waals surface area contributed by atoms with Crippen molar-refractivity contribution in [2.24, 2.45) is 5.92 Å². The van der Waals surface area contributed by atoms with E-state index in [9.17, 15) is 9.90 Å². The first-order valence-electron chi connectivity index (χ1n) is 6.96. The topological polar surface area (TPSA) is 75.4 Å². The summed E-state index contributed by atoms with van der Waals surface area (Å²) in [5.41, 5.74) is 2.44. The lowest BCUT2D eigenvalue weighted by Gasteiger charge is -2.15. The van der Waals surface area contributed by atoms with E-state index >= 15 is 0 Å². The van der Waals surface area contributed by atoms with Crippen LogP contribution in [0.25, 0.3) is 11.5 Å². The third-order valence-corrected chi connectivity index (χ3v) is 3.36. The number of nitrogens with one attached hydrogen (secondary N) is 1. The Hall–Kier alpha value is -2.14. The van der Waals surface area contributed by atoms with Gasteiger partial charge in [0.05, 0.1) is 18.7 Å². The molecule has 2 aromatic rings. The zero-order valence-electron chi connectivity index (χ0n) is 12.5. The molecule has 2 rings (SSSR count). The van der Waals surface area contributed by atoms with Gasteiger partial charge in [0.25, 0.3) is 0 Å². The largest absolute Gasteiger partial charge is 0.445 e. The molecule has 0 aliphatic carbocycles. The molecule has 2 N–H and O–H groups in total. The molecule has 0 aliphatic rings. The van der Waals surface area contributed by atoms with Gasteiger partial charge in [0.2, 0.25) is 11.8 Å². The molecule has 1 atom stereocenters. The molecule has 0 radical (unpaired) electrons. The quantitative estimate of drug-likeness (QED) is 0.887. The van der Waals surface area contributed by atoms with Gasteiger partial charge in [-0.3, -0.25) is 4.79 Å². The molecule has 0 saturated carbocycles. The highest BCUT2D eigenvalue weighted by atomic mass is 16.3. The second-order valence-corrected chi connectivity index (χ2v) is 5.43. The Balaban J connectivity index is 2.12. The van der Waals surface area contributed by atoms with Crippen molar-refractivity contribution in [1.29, 1.82) is 0 Å². The van der Waals surface area contributed by atoms with Crippen LogP contribution in [-0.2, 0) is 4.79 Å². The Kier molecular flexibility index (Phi) is 4.75. The Morgan fingerprint density at radius 3 is 2.81 bits per heavy atom. The minimum Gasteiger partial charge on any atom is -0.445 e. The zero-order chi connectivity index (χ0) is 15.4. The molecule has 1 amide bonds. The van der Waals surface area contributed by atoms with Crippen LogP contribution >= 0.6 is 0 Å². The highest BCUT2D eigenvalue weighted by Gasteiger charge is 2.15. The molecule has 0 bridgehead atoms. The lowest BCUT2D eigenvalue weighted by atomic mass is 10.0. The van der Waals surface area contributed by atoms with E-state index < -0.39 is 6.10 Å². The number of aliphatic hydroxyl groups excluding tert-OH is 1. The van der Waals surface area contributed by atoms with Crippen molar-refractivity contribution in [2.75, 3.05) is 5.32 Å². The number of aliphatic hydroxyl groups is 1. The number of hydrogen-bond acceptors (Lipinski definition) is 4. The normalized spacial score (nSPS) is 12.4. The molecule has 5 nitrogen and oxygen atoms in total. The number of carbonyl (C=O) groups excluding carboxylic acids is 1. The summed E-state index contributed by atoms with van der Waals surface area (Å²) in [6.45, 7) is 5.67. The van der Waals surface area contributed by atoms with Gasteiger partial charge < -0.3 is 14.8 Å². The van der Waals surface area contributed by atoms with Crippen LogP contribution in [0.1, 0.15) is 25.8 Å². The summed E-state index contributed by atoms with van der Waals surface area (Å²) in [5, 5.41) is 12.6. The average Bonchev–Trinajstić information content (AvgIpc) is 2.95. The maximum absolute atomic E-state index is 12.0. The number of nitrogens with zero attached hydrogens (tertiary/aromatic N) is 1. The molecular weight excluding hydrogens is 268 g/mol. The van der Waals surface area contributed by atoms with Gasteiger partial charge in [-0.1, -0.05) is 19.9 Å². The van der Waals surface area contributed by atoms with Crippen molar-refractivity contribution in [3.05, 3.63) is 36.2 Å². The van der Waals surface area contributed by atoms with Gasteiger partial charge in [0, 0.05) is 11.3 Å². The van der Waals surface area contributed by atoms with Gasteiger partial charge in [-0.05, 0) is 30.5 Å². The van der Waals surface area contributed by atoms with Crippen LogP contribution in [-0.4, -0.2) is 22.1 Å². The van der Waals surface area contributed by atoms with E-state index in [4.69, 9.17) is 4.42 Å². The molecule has 5 heteroatoms. The summed E-state index contributed by atoms with van der Waals surface area (Å²) < 4.78 is 5.25. The number of aromatic nitrogens is 1. The monoisotopic (exact) mass is 288 g/mol. The zero-order valence-corrected chi connectivity index (χ0v) is 12.5. The fraction of sp³-hybridized carbons (Fsp3) is 0.375. The number of hydrogen-bond donors (Lipinski definition) is 2. The van der Waals surface area contributed by atoms with Gasteiger partial charge in [0.15, 0.2) is 0 Å². The fourth-order valence-corrected chi connectivity index (χ4v) is 1.88. The molecule has 1 heterocycles. The fourth-order valence-electron chi connectivity index (χ4n) is 1.88. The smallest absolute Gasteiger partial charge is 0.226 e.